The van der Waals surface area contributed by atoms with Gasteiger partial charge in [0.15, 0.2) is 0 Å². The van der Waals surface area contributed by atoms with Gasteiger partial charge in [-0.2, -0.15) is 0 Å². The molecule has 2 rings (SSSR count). The number of anilines is 2. The summed E-state index contributed by atoms with van der Waals surface area (Å²) in [7, 11) is 0. The largest absolute Gasteiger partial charge is 0.370 e. The van der Waals surface area contributed by atoms with E-state index < -0.39 is 0 Å². The minimum atomic E-state index is 0.564. The predicted molar refractivity (Wildman–Crippen MR) is 79.3 cm³/mol. The Morgan fingerprint density at radius 2 is 1.84 bits per heavy atom. The monoisotopic (exact) mass is 263 g/mol. The highest BCUT2D eigenvalue weighted by Crippen LogP contribution is 2.20. The third-order valence-electron chi connectivity index (χ3n) is 3.56. The normalized spacial score (nSPS) is 16.9. The Balaban J connectivity index is 1.86. The summed E-state index contributed by atoms with van der Waals surface area (Å²) in [6.07, 6.45) is 10.5. The molecule has 1 saturated carbocycles. The molecule has 0 aliphatic heterocycles. The summed E-state index contributed by atoms with van der Waals surface area (Å²) in [5.41, 5.74) is 5.48. The first-order chi connectivity index (χ1) is 9.38. The molecule has 0 amide bonds. The van der Waals surface area contributed by atoms with E-state index in [-0.39, 0.29) is 0 Å². The van der Waals surface area contributed by atoms with Gasteiger partial charge < -0.3 is 16.4 Å². The van der Waals surface area contributed by atoms with E-state index in [1.807, 2.05) is 6.07 Å². The summed E-state index contributed by atoms with van der Waals surface area (Å²) in [5, 5.41) is 6.80. The molecule has 5 nitrogen and oxygen atoms in total. The number of nitrogens with zero attached hydrogens (tertiary/aromatic N) is 2. The number of rotatable bonds is 6. The van der Waals surface area contributed by atoms with E-state index >= 15 is 0 Å². The summed E-state index contributed by atoms with van der Waals surface area (Å²) in [6.45, 7) is 1.56. The molecule has 0 radical (unpaired) electrons. The highest BCUT2D eigenvalue weighted by Gasteiger charge is 2.12. The van der Waals surface area contributed by atoms with Crippen LogP contribution in [0.2, 0.25) is 0 Å². The van der Waals surface area contributed by atoms with E-state index in [9.17, 15) is 0 Å². The van der Waals surface area contributed by atoms with Crippen molar-refractivity contribution in [1.29, 1.82) is 0 Å². The van der Waals surface area contributed by atoms with Gasteiger partial charge in [0.2, 0.25) is 0 Å². The van der Waals surface area contributed by atoms with Crippen LogP contribution in [0.5, 0.6) is 0 Å². The lowest BCUT2D eigenvalue weighted by atomic mass is 10.1. The molecule has 4 N–H and O–H groups in total. The zero-order chi connectivity index (χ0) is 13.3. The van der Waals surface area contributed by atoms with E-state index in [2.05, 4.69) is 20.6 Å². The van der Waals surface area contributed by atoms with Crippen LogP contribution in [0.1, 0.15) is 44.9 Å². The quantitative estimate of drug-likeness (QED) is 0.542. The topological polar surface area (TPSA) is 75.9 Å². The van der Waals surface area contributed by atoms with Crippen molar-refractivity contribution in [1.82, 2.24) is 9.97 Å². The van der Waals surface area contributed by atoms with E-state index in [0.29, 0.717) is 12.6 Å². The lowest BCUT2D eigenvalue weighted by molar-refractivity contribution is 0.617. The van der Waals surface area contributed by atoms with Crippen molar-refractivity contribution < 1.29 is 0 Å². The lowest BCUT2D eigenvalue weighted by Gasteiger charge is -2.17. The van der Waals surface area contributed by atoms with Gasteiger partial charge in [0, 0.05) is 18.7 Å². The van der Waals surface area contributed by atoms with Gasteiger partial charge in [-0.3, -0.25) is 0 Å². The summed E-state index contributed by atoms with van der Waals surface area (Å²) in [4.78, 5) is 8.53. The van der Waals surface area contributed by atoms with Gasteiger partial charge in [0.05, 0.1) is 0 Å². The number of aromatic nitrogens is 2. The first kappa shape index (κ1) is 14.1. The Labute approximate surface area is 115 Å². The van der Waals surface area contributed by atoms with Gasteiger partial charge >= 0.3 is 0 Å². The fourth-order valence-corrected chi connectivity index (χ4v) is 2.48. The molecular formula is C14H25N5. The molecule has 1 aliphatic rings. The van der Waals surface area contributed by atoms with Crippen LogP contribution in [0.4, 0.5) is 11.6 Å². The highest BCUT2D eigenvalue weighted by atomic mass is 15.1. The summed E-state index contributed by atoms with van der Waals surface area (Å²) in [5.74, 6) is 1.80. The summed E-state index contributed by atoms with van der Waals surface area (Å²) >= 11 is 0. The molecule has 1 heterocycles. The second-order valence-electron chi connectivity index (χ2n) is 5.19. The number of hydrogen-bond acceptors (Lipinski definition) is 5. The lowest BCUT2D eigenvalue weighted by Crippen LogP contribution is -2.19. The van der Waals surface area contributed by atoms with Gasteiger partial charge in [-0.1, -0.05) is 25.7 Å². The molecule has 1 fully saturated rings. The van der Waals surface area contributed by atoms with Crippen molar-refractivity contribution in [2.45, 2.75) is 51.0 Å². The number of nitrogens with two attached hydrogens (primary N) is 1. The summed E-state index contributed by atoms with van der Waals surface area (Å²) < 4.78 is 0. The fraction of sp³-hybridized carbons (Fsp3) is 0.714. The number of hydrogen-bond donors (Lipinski definition) is 3. The molecule has 0 bridgehead atoms. The first-order valence-corrected chi connectivity index (χ1v) is 7.41. The Morgan fingerprint density at radius 1 is 1.11 bits per heavy atom. The van der Waals surface area contributed by atoms with Crippen molar-refractivity contribution in [3.8, 4) is 0 Å². The molecule has 5 heteroatoms. The Hall–Kier alpha value is -1.36. The van der Waals surface area contributed by atoms with Crippen molar-refractivity contribution >= 4 is 11.6 Å². The minimum Gasteiger partial charge on any atom is -0.370 e. The average molecular weight is 263 g/mol. The fourth-order valence-electron chi connectivity index (χ4n) is 2.48. The van der Waals surface area contributed by atoms with E-state index in [0.717, 1.165) is 24.6 Å². The zero-order valence-corrected chi connectivity index (χ0v) is 11.6. The van der Waals surface area contributed by atoms with Crippen LogP contribution < -0.4 is 16.4 Å². The Morgan fingerprint density at radius 3 is 2.58 bits per heavy atom. The standard InChI is InChI=1S/C14H25N5/c15-8-5-9-16-13-10-14(18-11-17-13)19-12-6-3-1-2-4-7-12/h10-12H,1-9,15H2,(H2,16,17,18,19). The van der Waals surface area contributed by atoms with Crippen molar-refractivity contribution in [3.05, 3.63) is 12.4 Å². The van der Waals surface area contributed by atoms with E-state index in [4.69, 9.17) is 5.73 Å². The third kappa shape index (κ3) is 5.03. The van der Waals surface area contributed by atoms with Crippen molar-refractivity contribution in [2.24, 2.45) is 5.73 Å². The van der Waals surface area contributed by atoms with Crippen LogP contribution in [-0.2, 0) is 0 Å². The predicted octanol–water partition coefficient (Wildman–Crippen LogP) is 2.37. The van der Waals surface area contributed by atoms with E-state index in [1.165, 1.54) is 38.5 Å². The minimum absolute atomic E-state index is 0.564. The second-order valence-corrected chi connectivity index (χ2v) is 5.19. The molecule has 0 spiro atoms. The zero-order valence-electron chi connectivity index (χ0n) is 11.6. The molecule has 0 aromatic carbocycles. The maximum Gasteiger partial charge on any atom is 0.131 e. The van der Waals surface area contributed by atoms with Crippen molar-refractivity contribution in [3.63, 3.8) is 0 Å². The van der Waals surface area contributed by atoms with Crippen LogP contribution >= 0.6 is 0 Å². The maximum absolute atomic E-state index is 5.48. The molecule has 19 heavy (non-hydrogen) atoms. The molecular weight excluding hydrogens is 238 g/mol. The molecule has 1 aromatic heterocycles. The van der Waals surface area contributed by atoms with Gasteiger partial charge in [0.25, 0.3) is 0 Å². The third-order valence-corrected chi connectivity index (χ3v) is 3.56. The molecule has 0 atom stereocenters. The van der Waals surface area contributed by atoms with Gasteiger partial charge in [0.1, 0.15) is 18.0 Å². The molecule has 0 unspecified atom stereocenters. The van der Waals surface area contributed by atoms with Crippen LogP contribution in [0.3, 0.4) is 0 Å². The molecule has 0 saturated heterocycles. The van der Waals surface area contributed by atoms with Crippen LogP contribution in [0, 0.1) is 0 Å². The smallest absolute Gasteiger partial charge is 0.131 e. The number of nitrogens with one attached hydrogen (secondary N) is 2. The van der Waals surface area contributed by atoms with Gasteiger partial charge in [-0.05, 0) is 25.8 Å². The molecule has 1 aromatic rings. The Bertz CT molecular complexity index is 361. The molecule has 1 aliphatic carbocycles. The highest BCUT2D eigenvalue weighted by molar-refractivity contribution is 5.46. The Kier molecular flexibility index (Phi) is 5.88. The second kappa shape index (κ2) is 7.94. The van der Waals surface area contributed by atoms with Gasteiger partial charge in [-0.15, -0.1) is 0 Å². The first-order valence-electron chi connectivity index (χ1n) is 7.41. The van der Waals surface area contributed by atoms with E-state index in [1.54, 1.807) is 6.33 Å². The van der Waals surface area contributed by atoms with Crippen LogP contribution in [0.25, 0.3) is 0 Å². The van der Waals surface area contributed by atoms with Crippen LogP contribution in [0.15, 0.2) is 12.4 Å². The summed E-state index contributed by atoms with van der Waals surface area (Å²) in [6, 6.07) is 2.55. The van der Waals surface area contributed by atoms with Crippen LogP contribution in [-0.4, -0.2) is 29.1 Å². The SMILES string of the molecule is NCCCNc1cc(NC2CCCCCC2)ncn1. The molecule has 106 valence electrons. The van der Waals surface area contributed by atoms with Gasteiger partial charge in [-0.25, -0.2) is 9.97 Å². The maximum atomic E-state index is 5.48. The van der Waals surface area contributed by atoms with Crippen molar-refractivity contribution in [2.75, 3.05) is 23.7 Å². The average Bonchev–Trinajstić information content (AvgIpc) is 2.68.